The van der Waals surface area contributed by atoms with E-state index < -0.39 is 11.6 Å². The first kappa shape index (κ1) is 17.1. The second-order valence-corrected chi connectivity index (χ2v) is 6.17. The molecule has 2 atom stereocenters. The van der Waals surface area contributed by atoms with Crippen molar-refractivity contribution in [3.8, 4) is 11.3 Å². The van der Waals surface area contributed by atoms with Crippen LogP contribution in [0.15, 0.2) is 24.3 Å². The Hall–Kier alpha value is -2.77. The topological polar surface area (TPSA) is 86.9 Å². The van der Waals surface area contributed by atoms with Gasteiger partial charge in [0.15, 0.2) is 5.82 Å². The Kier molecular flexibility index (Phi) is 4.78. The standard InChI is InChI=1S/C17H18F2N4O2/c1-9-7-10(9)17(25)20-6-5-15(24)21-14-8-13(22-23-14)16-11(18)3-2-4-12(16)19/h2-4,8-10H,5-7H2,1H3,(H,20,25)(H2,21,22,23,24). The molecule has 0 aliphatic heterocycles. The lowest BCUT2D eigenvalue weighted by Gasteiger charge is -2.04. The van der Waals surface area contributed by atoms with E-state index in [0.717, 1.165) is 18.6 Å². The number of amides is 2. The summed E-state index contributed by atoms with van der Waals surface area (Å²) in [4.78, 5) is 23.5. The second kappa shape index (κ2) is 7.00. The van der Waals surface area contributed by atoms with Gasteiger partial charge in [0.1, 0.15) is 11.6 Å². The predicted molar refractivity (Wildman–Crippen MR) is 87.5 cm³/mol. The summed E-state index contributed by atoms with van der Waals surface area (Å²) in [7, 11) is 0. The fourth-order valence-corrected chi connectivity index (χ4v) is 2.59. The first-order chi connectivity index (χ1) is 12.0. The van der Waals surface area contributed by atoms with Crippen molar-refractivity contribution in [3.63, 3.8) is 0 Å². The van der Waals surface area contributed by atoms with E-state index in [1.165, 1.54) is 12.1 Å². The van der Waals surface area contributed by atoms with Crippen molar-refractivity contribution in [2.75, 3.05) is 11.9 Å². The number of nitrogens with zero attached hydrogens (tertiary/aromatic N) is 1. The first-order valence-corrected chi connectivity index (χ1v) is 8.03. The molecule has 2 aromatic rings. The minimum absolute atomic E-state index is 0.0302. The maximum absolute atomic E-state index is 13.7. The molecule has 1 saturated carbocycles. The van der Waals surface area contributed by atoms with Crippen molar-refractivity contribution in [3.05, 3.63) is 35.9 Å². The van der Waals surface area contributed by atoms with Crippen LogP contribution in [-0.2, 0) is 9.59 Å². The van der Waals surface area contributed by atoms with Gasteiger partial charge in [-0.25, -0.2) is 8.78 Å². The summed E-state index contributed by atoms with van der Waals surface area (Å²) >= 11 is 0. The van der Waals surface area contributed by atoms with Crippen molar-refractivity contribution >= 4 is 17.6 Å². The van der Waals surface area contributed by atoms with Crippen molar-refractivity contribution in [2.45, 2.75) is 19.8 Å². The van der Waals surface area contributed by atoms with Crippen LogP contribution in [-0.4, -0.2) is 28.6 Å². The molecule has 3 rings (SSSR count). The van der Waals surface area contributed by atoms with E-state index in [4.69, 9.17) is 0 Å². The molecule has 1 aliphatic rings. The smallest absolute Gasteiger partial charge is 0.227 e. The van der Waals surface area contributed by atoms with Gasteiger partial charge in [0.25, 0.3) is 0 Å². The number of halogens is 2. The quantitative estimate of drug-likeness (QED) is 0.749. The van der Waals surface area contributed by atoms with Crippen molar-refractivity contribution in [1.29, 1.82) is 0 Å². The van der Waals surface area contributed by atoms with Gasteiger partial charge in [-0.2, -0.15) is 5.10 Å². The van der Waals surface area contributed by atoms with Crippen LogP contribution in [0.25, 0.3) is 11.3 Å². The number of anilines is 1. The average molecular weight is 348 g/mol. The molecule has 0 saturated heterocycles. The highest BCUT2D eigenvalue weighted by Crippen LogP contribution is 2.37. The average Bonchev–Trinajstić information content (AvgIpc) is 3.11. The minimum atomic E-state index is -0.724. The summed E-state index contributed by atoms with van der Waals surface area (Å²) in [5, 5.41) is 11.6. The molecule has 0 spiro atoms. The Morgan fingerprint density at radius 1 is 1.32 bits per heavy atom. The SMILES string of the molecule is CC1CC1C(=O)NCCC(=O)Nc1cc(-c2c(F)cccc2F)[nH]n1. The molecule has 25 heavy (non-hydrogen) atoms. The lowest BCUT2D eigenvalue weighted by atomic mass is 10.1. The van der Waals surface area contributed by atoms with Crippen molar-refractivity contribution in [1.82, 2.24) is 15.5 Å². The Morgan fingerprint density at radius 2 is 2.00 bits per heavy atom. The van der Waals surface area contributed by atoms with Gasteiger partial charge in [0.2, 0.25) is 11.8 Å². The van der Waals surface area contributed by atoms with Gasteiger partial charge in [-0.05, 0) is 24.5 Å². The van der Waals surface area contributed by atoms with Crippen LogP contribution in [0.5, 0.6) is 0 Å². The number of benzene rings is 1. The van der Waals surface area contributed by atoms with E-state index >= 15 is 0 Å². The van der Waals surface area contributed by atoms with Crippen LogP contribution >= 0.6 is 0 Å². The van der Waals surface area contributed by atoms with Gasteiger partial charge in [0, 0.05) is 24.9 Å². The normalized spacial score (nSPS) is 18.7. The molecule has 0 radical (unpaired) electrons. The van der Waals surface area contributed by atoms with Gasteiger partial charge >= 0.3 is 0 Å². The van der Waals surface area contributed by atoms with Crippen molar-refractivity contribution in [2.24, 2.45) is 11.8 Å². The summed E-state index contributed by atoms with van der Waals surface area (Å²) in [6, 6.07) is 4.90. The minimum Gasteiger partial charge on any atom is -0.355 e. The number of rotatable bonds is 6. The fourth-order valence-electron chi connectivity index (χ4n) is 2.59. The van der Waals surface area contributed by atoms with Gasteiger partial charge in [-0.15, -0.1) is 0 Å². The molecule has 132 valence electrons. The van der Waals surface area contributed by atoms with E-state index in [1.54, 1.807) is 0 Å². The summed E-state index contributed by atoms with van der Waals surface area (Å²) in [6.45, 7) is 2.23. The van der Waals surface area contributed by atoms with Crippen molar-refractivity contribution < 1.29 is 18.4 Å². The third-order valence-electron chi connectivity index (χ3n) is 4.17. The molecule has 1 aromatic heterocycles. The zero-order valence-electron chi connectivity index (χ0n) is 13.6. The van der Waals surface area contributed by atoms with Crippen LogP contribution in [0.3, 0.4) is 0 Å². The molecule has 1 aliphatic carbocycles. The zero-order chi connectivity index (χ0) is 18.0. The van der Waals surface area contributed by atoms with Crippen LogP contribution in [0.4, 0.5) is 14.6 Å². The highest BCUT2D eigenvalue weighted by Gasteiger charge is 2.38. The monoisotopic (exact) mass is 348 g/mol. The highest BCUT2D eigenvalue weighted by atomic mass is 19.1. The molecule has 1 fully saturated rings. The molecule has 2 unspecified atom stereocenters. The largest absolute Gasteiger partial charge is 0.355 e. The summed E-state index contributed by atoms with van der Waals surface area (Å²) in [6.07, 6.45) is 0.976. The maximum atomic E-state index is 13.7. The van der Waals surface area contributed by atoms with Crippen LogP contribution < -0.4 is 10.6 Å². The number of aromatic nitrogens is 2. The van der Waals surface area contributed by atoms with E-state index in [9.17, 15) is 18.4 Å². The number of carbonyl (C=O) groups excluding carboxylic acids is 2. The molecule has 2 amide bonds. The number of hydrogen-bond acceptors (Lipinski definition) is 3. The third kappa shape index (κ3) is 4.01. The molecule has 0 bridgehead atoms. The van der Waals surface area contributed by atoms with Gasteiger partial charge < -0.3 is 10.6 Å². The Morgan fingerprint density at radius 3 is 2.64 bits per heavy atom. The van der Waals surface area contributed by atoms with Crippen LogP contribution in [0.1, 0.15) is 19.8 Å². The summed E-state index contributed by atoms with van der Waals surface area (Å²) in [5.41, 5.74) is -0.108. The van der Waals surface area contributed by atoms with Crippen LogP contribution in [0, 0.1) is 23.5 Å². The van der Waals surface area contributed by atoms with Gasteiger partial charge in [-0.3, -0.25) is 14.7 Å². The van der Waals surface area contributed by atoms with Gasteiger partial charge in [-0.1, -0.05) is 13.0 Å². The molecular weight excluding hydrogens is 330 g/mol. The Bertz CT molecular complexity index is 785. The lowest BCUT2D eigenvalue weighted by molar-refractivity contribution is -0.122. The van der Waals surface area contributed by atoms with E-state index in [-0.39, 0.29) is 47.8 Å². The van der Waals surface area contributed by atoms with Gasteiger partial charge in [0.05, 0.1) is 11.3 Å². The van der Waals surface area contributed by atoms with E-state index in [2.05, 4.69) is 20.8 Å². The number of carbonyl (C=O) groups is 2. The fraction of sp³-hybridized carbons (Fsp3) is 0.353. The molecular formula is C17H18F2N4O2. The van der Waals surface area contributed by atoms with Crippen LogP contribution in [0.2, 0.25) is 0 Å². The zero-order valence-corrected chi connectivity index (χ0v) is 13.6. The molecule has 1 aromatic carbocycles. The Balaban J connectivity index is 1.52. The number of nitrogens with one attached hydrogen (secondary N) is 3. The summed E-state index contributed by atoms with van der Waals surface area (Å²) < 4.78 is 27.5. The number of hydrogen-bond donors (Lipinski definition) is 3. The molecule has 6 nitrogen and oxygen atoms in total. The second-order valence-electron chi connectivity index (χ2n) is 6.17. The van der Waals surface area contributed by atoms with E-state index in [0.29, 0.717) is 5.92 Å². The predicted octanol–water partition coefficient (Wildman–Crippen LogP) is 2.46. The first-order valence-electron chi connectivity index (χ1n) is 8.03. The number of aromatic amines is 1. The molecule has 3 N–H and O–H groups in total. The lowest BCUT2D eigenvalue weighted by Crippen LogP contribution is -2.29. The maximum Gasteiger partial charge on any atom is 0.227 e. The number of H-pyrrole nitrogens is 1. The molecule has 8 heteroatoms. The summed E-state index contributed by atoms with van der Waals surface area (Å²) in [5.74, 6) is -1.20. The van der Waals surface area contributed by atoms with E-state index in [1.807, 2.05) is 6.92 Å². The third-order valence-corrected chi connectivity index (χ3v) is 4.17. The molecule has 1 heterocycles. The highest BCUT2D eigenvalue weighted by molar-refractivity contribution is 5.91. The Labute approximate surface area is 143 Å².